The van der Waals surface area contributed by atoms with Gasteiger partial charge in [-0.3, -0.25) is 4.99 Å². The third kappa shape index (κ3) is 2.14. The predicted molar refractivity (Wildman–Crippen MR) is 92.0 cm³/mol. The van der Waals surface area contributed by atoms with E-state index in [1.165, 1.54) is 6.07 Å². The third-order valence-corrected chi connectivity index (χ3v) is 4.22. The molecular formula is C20H14FN3. The van der Waals surface area contributed by atoms with Crippen molar-refractivity contribution in [3.63, 3.8) is 0 Å². The van der Waals surface area contributed by atoms with Crippen LogP contribution in [0.4, 0.5) is 4.39 Å². The van der Waals surface area contributed by atoms with Crippen molar-refractivity contribution in [1.82, 2.24) is 9.55 Å². The van der Waals surface area contributed by atoms with E-state index in [0.29, 0.717) is 11.3 Å². The van der Waals surface area contributed by atoms with Crippen LogP contribution >= 0.6 is 0 Å². The topological polar surface area (TPSA) is 30.2 Å². The molecular weight excluding hydrogens is 301 g/mol. The fourth-order valence-electron chi connectivity index (χ4n) is 3.04. The Labute approximate surface area is 139 Å². The minimum absolute atomic E-state index is 0.149. The molecule has 0 fully saturated rings. The molecule has 2 aromatic carbocycles. The zero-order valence-electron chi connectivity index (χ0n) is 13.1. The number of benzene rings is 2. The number of hydrogen-bond acceptors (Lipinski definition) is 2. The Kier molecular flexibility index (Phi) is 3.28. The van der Waals surface area contributed by atoms with Gasteiger partial charge in [-0.25, -0.2) is 9.37 Å². The first-order valence-electron chi connectivity index (χ1n) is 7.65. The van der Waals surface area contributed by atoms with Gasteiger partial charge in [0, 0.05) is 16.7 Å². The fraction of sp³-hybridized carbons (Fsp3) is 0.100. The monoisotopic (exact) mass is 315 g/mol. The van der Waals surface area contributed by atoms with Crippen molar-refractivity contribution < 1.29 is 4.39 Å². The number of rotatable bonds is 1. The van der Waals surface area contributed by atoms with Gasteiger partial charge in [0.15, 0.2) is 0 Å². The van der Waals surface area contributed by atoms with E-state index in [9.17, 15) is 4.39 Å². The zero-order valence-corrected chi connectivity index (χ0v) is 13.1. The predicted octanol–water partition coefficient (Wildman–Crippen LogP) is 3.90. The fourth-order valence-corrected chi connectivity index (χ4v) is 3.04. The summed E-state index contributed by atoms with van der Waals surface area (Å²) in [4.78, 5) is 9.02. The molecule has 2 heterocycles. The van der Waals surface area contributed by atoms with Gasteiger partial charge < -0.3 is 4.57 Å². The molecule has 0 unspecified atom stereocenters. The lowest BCUT2D eigenvalue weighted by atomic mass is 9.98. The number of imidazole rings is 1. The highest BCUT2D eigenvalue weighted by molar-refractivity contribution is 6.15. The first kappa shape index (κ1) is 14.4. The summed E-state index contributed by atoms with van der Waals surface area (Å²) in [6, 6.07) is 12.2. The number of nitrogens with zero attached hydrogens (tertiary/aromatic N) is 3. The van der Waals surface area contributed by atoms with E-state index in [2.05, 4.69) is 10.9 Å². The molecule has 0 saturated carbocycles. The van der Waals surface area contributed by atoms with E-state index in [4.69, 9.17) is 11.4 Å². The molecule has 0 saturated heterocycles. The van der Waals surface area contributed by atoms with Gasteiger partial charge in [-0.15, -0.1) is 6.42 Å². The van der Waals surface area contributed by atoms with Gasteiger partial charge in [0.2, 0.25) is 0 Å². The summed E-state index contributed by atoms with van der Waals surface area (Å²) < 4.78 is 16.4. The highest BCUT2D eigenvalue weighted by Gasteiger charge is 2.24. The lowest BCUT2D eigenvalue weighted by molar-refractivity contribution is 0.625. The maximum Gasteiger partial charge on any atom is 0.132 e. The second-order valence-corrected chi connectivity index (χ2v) is 5.70. The highest BCUT2D eigenvalue weighted by Crippen LogP contribution is 2.31. The third-order valence-electron chi connectivity index (χ3n) is 4.22. The van der Waals surface area contributed by atoms with E-state index in [-0.39, 0.29) is 11.9 Å². The van der Waals surface area contributed by atoms with Gasteiger partial charge >= 0.3 is 0 Å². The summed E-state index contributed by atoms with van der Waals surface area (Å²) in [7, 11) is 0. The van der Waals surface area contributed by atoms with Crippen molar-refractivity contribution in [2.24, 2.45) is 4.99 Å². The van der Waals surface area contributed by atoms with Crippen molar-refractivity contribution in [2.45, 2.75) is 13.0 Å². The molecule has 116 valence electrons. The summed E-state index contributed by atoms with van der Waals surface area (Å²) in [6.07, 6.45) is 9.09. The lowest BCUT2D eigenvalue weighted by Crippen LogP contribution is -2.09. The molecule has 3 nitrogen and oxygen atoms in total. The average Bonchev–Trinajstić information content (AvgIpc) is 3.05. The summed E-state index contributed by atoms with van der Waals surface area (Å²) in [5, 5.41) is 0. The van der Waals surface area contributed by atoms with Crippen LogP contribution in [-0.4, -0.2) is 15.3 Å². The molecule has 1 atom stereocenters. The quantitative estimate of drug-likeness (QED) is 0.626. The molecule has 1 aromatic heterocycles. The van der Waals surface area contributed by atoms with Gasteiger partial charge in [-0.2, -0.15) is 0 Å². The van der Waals surface area contributed by atoms with Gasteiger partial charge in [0.25, 0.3) is 0 Å². The smallest absolute Gasteiger partial charge is 0.132 e. The Morgan fingerprint density at radius 2 is 2.00 bits per heavy atom. The van der Waals surface area contributed by atoms with E-state index in [1.807, 2.05) is 35.8 Å². The number of fused-ring (bicyclic) bond motifs is 3. The highest BCUT2D eigenvalue weighted by atomic mass is 19.1. The molecule has 1 aliphatic rings. The van der Waals surface area contributed by atoms with Crippen LogP contribution in [0.1, 0.15) is 35.3 Å². The van der Waals surface area contributed by atoms with Crippen LogP contribution in [0.2, 0.25) is 0 Å². The van der Waals surface area contributed by atoms with Crippen molar-refractivity contribution in [1.29, 1.82) is 0 Å². The number of aromatic nitrogens is 2. The molecule has 3 aromatic rings. The minimum atomic E-state index is -0.301. The molecule has 0 amide bonds. The molecule has 0 N–H and O–H groups in total. The Morgan fingerprint density at radius 3 is 2.79 bits per heavy atom. The molecule has 0 radical (unpaired) electrons. The number of aliphatic imine (C=N–C) groups is 1. The SMILES string of the molecule is C#Cc1ccc2c(c1)C(c1ccccc1F)=N[C@H](C)c1cncn1-2. The molecule has 1 aliphatic heterocycles. The van der Waals surface area contributed by atoms with Crippen molar-refractivity contribution in [3.8, 4) is 18.0 Å². The second kappa shape index (κ2) is 5.47. The lowest BCUT2D eigenvalue weighted by Gasteiger charge is -2.12. The van der Waals surface area contributed by atoms with Crippen LogP contribution in [0.3, 0.4) is 0 Å². The van der Waals surface area contributed by atoms with E-state index >= 15 is 0 Å². The van der Waals surface area contributed by atoms with E-state index in [0.717, 1.165) is 22.5 Å². The average molecular weight is 315 g/mol. The number of terminal acetylenes is 1. The Hall–Kier alpha value is -3.19. The van der Waals surface area contributed by atoms with E-state index in [1.54, 1.807) is 24.7 Å². The summed E-state index contributed by atoms with van der Waals surface area (Å²) in [5.74, 6) is 2.34. The molecule has 4 rings (SSSR count). The van der Waals surface area contributed by atoms with Crippen LogP contribution < -0.4 is 0 Å². The molecule has 24 heavy (non-hydrogen) atoms. The zero-order chi connectivity index (χ0) is 16.7. The van der Waals surface area contributed by atoms with Crippen LogP contribution in [0, 0.1) is 18.2 Å². The molecule has 0 bridgehead atoms. The maximum atomic E-state index is 14.4. The van der Waals surface area contributed by atoms with Gasteiger partial charge in [0.1, 0.15) is 5.82 Å². The van der Waals surface area contributed by atoms with Crippen LogP contribution in [0.25, 0.3) is 5.69 Å². The van der Waals surface area contributed by atoms with Crippen LogP contribution in [0.15, 0.2) is 60.0 Å². The Morgan fingerprint density at radius 1 is 1.17 bits per heavy atom. The molecule has 0 aliphatic carbocycles. The normalized spacial score (nSPS) is 15.7. The molecule has 4 heteroatoms. The standard InChI is InChI=1S/C20H14FN3/c1-3-14-8-9-18-16(10-14)20(15-6-4-5-7-17(15)21)23-13(2)19-11-22-12-24(18)19/h1,4-13H,2H3/t13-/m1/s1. The van der Waals surface area contributed by atoms with Crippen LogP contribution in [0.5, 0.6) is 0 Å². The van der Waals surface area contributed by atoms with Gasteiger partial charge in [-0.1, -0.05) is 18.1 Å². The van der Waals surface area contributed by atoms with Crippen LogP contribution in [-0.2, 0) is 0 Å². The number of halogens is 1. The van der Waals surface area contributed by atoms with E-state index < -0.39 is 0 Å². The van der Waals surface area contributed by atoms with Gasteiger partial charge in [0.05, 0.1) is 35.7 Å². The summed E-state index contributed by atoms with van der Waals surface area (Å²) in [6.45, 7) is 1.97. The second-order valence-electron chi connectivity index (χ2n) is 5.70. The van der Waals surface area contributed by atoms with Crippen molar-refractivity contribution in [2.75, 3.05) is 0 Å². The maximum absolute atomic E-state index is 14.4. The first-order chi connectivity index (χ1) is 11.7. The minimum Gasteiger partial charge on any atom is -0.300 e. The Balaban J connectivity index is 2.06. The first-order valence-corrected chi connectivity index (χ1v) is 7.65. The molecule has 0 spiro atoms. The number of hydrogen-bond donors (Lipinski definition) is 0. The summed E-state index contributed by atoms with van der Waals surface area (Å²) >= 11 is 0. The largest absolute Gasteiger partial charge is 0.300 e. The Bertz CT molecular complexity index is 1010. The summed E-state index contributed by atoms with van der Waals surface area (Å²) in [5.41, 5.74) is 4.46. The van der Waals surface area contributed by atoms with Gasteiger partial charge in [-0.05, 0) is 37.3 Å². The van der Waals surface area contributed by atoms with Crippen molar-refractivity contribution in [3.05, 3.63) is 83.2 Å². The van der Waals surface area contributed by atoms with Crippen molar-refractivity contribution >= 4 is 5.71 Å².